The molecule has 1 saturated carbocycles. The monoisotopic (exact) mass is 351 g/mol. The predicted molar refractivity (Wildman–Crippen MR) is 90.2 cm³/mol. The highest BCUT2D eigenvalue weighted by Gasteiger charge is 2.36. The second-order valence-corrected chi connectivity index (χ2v) is 7.69. The summed E-state index contributed by atoms with van der Waals surface area (Å²) in [5, 5.41) is 3.88. The molecule has 0 aromatic carbocycles. The molecule has 21 heavy (non-hydrogen) atoms. The average molecular weight is 352 g/mol. The van der Waals surface area contributed by atoms with E-state index >= 15 is 0 Å². The van der Waals surface area contributed by atoms with Crippen LogP contribution in [0, 0.1) is 0 Å². The van der Waals surface area contributed by atoms with Crippen LogP contribution >= 0.6 is 15.9 Å². The van der Waals surface area contributed by atoms with Gasteiger partial charge in [0.2, 0.25) is 0 Å². The number of hydrogen-bond donors (Lipinski definition) is 1. The standard InChI is InChI=1S/C17H26BrN3/c1-14-7-10-20-17(8-3-2-4-9-17)13-21(14)12-16-6-5-15(18)11-19-16/h5-6,11,14,20H,2-4,7-10,12-13H2,1H3. The molecule has 1 N–H and O–H groups in total. The summed E-state index contributed by atoms with van der Waals surface area (Å²) >= 11 is 3.47. The Morgan fingerprint density at radius 2 is 2.14 bits per heavy atom. The molecule has 0 bridgehead atoms. The molecule has 2 fully saturated rings. The van der Waals surface area contributed by atoms with Gasteiger partial charge in [0.25, 0.3) is 0 Å². The Morgan fingerprint density at radius 3 is 2.86 bits per heavy atom. The molecule has 4 heteroatoms. The zero-order valence-electron chi connectivity index (χ0n) is 12.9. The van der Waals surface area contributed by atoms with Gasteiger partial charge in [-0.25, -0.2) is 0 Å². The quantitative estimate of drug-likeness (QED) is 0.879. The van der Waals surface area contributed by atoms with Crippen LogP contribution in [0.4, 0.5) is 0 Å². The minimum absolute atomic E-state index is 0.359. The summed E-state index contributed by atoms with van der Waals surface area (Å²) in [6.07, 6.45) is 9.99. The van der Waals surface area contributed by atoms with Crippen molar-refractivity contribution in [2.24, 2.45) is 0 Å². The first-order chi connectivity index (χ1) is 10.2. The fourth-order valence-corrected chi connectivity index (χ4v) is 4.05. The first kappa shape index (κ1) is 15.4. The van der Waals surface area contributed by atoms with Crippen LogP contribution in [-0.2, 0) is 6.54 Å². The van der Waals surface area contributed by atoms with Gasteiger partial charge in [0.05, 0.1) is 5.69 Å². The summed E-state index contributed by atoms with van der Waals surface area (Å²) in [5.41, 5.74) is 1.54. The highest BCUT2D eigenvalue weighted by molar-refractivity contribution is 9.10. The van der Waals surface area contributed by atoms with Gasteiger partial charge in [0.15, 0.2) is 0 Å². The van der Waals surface area contributed by atoms with E-state index in [-0.39, 0.29) is 0 Å². The van der Waals surface area contributed by atoms with Crippen LogP contribution in [0.25, 0.3) is 0 Å². The maximum Gasteiger partial charge on any atom is 0.0544 e. The van der Waals surface area contributed by atoms with Crippen molar-refractivity contribution in [3.8, 4) is 0 Å². The lowest BCUT2D eigenvalue weighted by atomic mass is 9.81. The topological polar surface area (TPSA) is 28.2 Å². The molecular weight excluding hydrogens is 326 g/mol. The average Bonchev–Trinajstić information content (AvgIpc) is 2.63. The van der Waals surface area contributed by atoms with Crippen LogP contribution in [0.1, 0.15) is 51.1 Å². The Morgan fingerprint density at radius 1 is 1.33 bits per heavy atom. The van der Waals surface area contributed by atoms with Gasteiger partial charge in [0.1, 0.15) is 0 Å². The van der Waals surface area contributed by atoms with Gasteiger partial charge < -0.3 is 5.32 Å². The second-order valence-electron chi connectivity index (χ2n) is 6.78. The van der Waals surface area contributed by atoms with Crippen molar-refractivity contribution in [2.75, 3.05) is 13.1 Å². The third kappa shape index (κ3) is 3.85. The first-order valence-electron chi connectivity index (χ1n) is 8.26. The number of halogens is 1. The Balaban J connectivity index is 1.73. The van der Waals surface area contributed by atoms with Crippen molar-refractivity contribution in [1.29, 1.82) is 0 Å². The summed E-state index contributed by atoms with van der Waals surface area (Å²) in [5.74, 6) is 0. The van der Waals surface area contributed by atoms with Gasteiger partial charge >= 0.3 is 0 Å². The summed E-state index contributed by atoms with van der Waals surface area (Å²) in [7, 11) is 0. The van der Waals surface area contributed by atoms with Crippen molar-refractivity contribution in [2.45, 2.75) is 63.6 Å². The molecule has 1 unspecified atom stereocenters. The van der Waals surface area contributed by atoms with Crippen molar-refractivity contribution in [1.82, 2.24) is 15.2 Å². The Hall–Kier alpha value is -0.450. The van der Waals surface area contributed by atoms with E-state index in [1.54, 1.807) is 0 Å². The van der Waals surface area contributed by atoms with Gasteiger partial charge in [-0.05, 0) is 60.8 Å². The number of pyridine rings is 1. The third-order valence-electron chi connectivity index (χ3n) is 5.16. The van der Waals surface area contributed by atoms with Crippen molar-refractivity contribution in [3.63, 3.8) is 0 Å². The van der Waals surface area contributed by atoms with Crippen LogP contribution in [0.2, 0.25) is 0 Å². The van der Waals surface area contributed by atoms with Crippen LogP contribution in [-0.4, -0.2) is 34.6 Å². The molecule has 3 rings (SSSR count). The third-order valence-corrected chi connectivity index (χ3v) is 5.62. The molecule has 1 aliphatic heterocycles. The predicted octanol–water partition coefficient (Wildman–Crippen LogP) is 3.73. The fraction of sp³-hybridized carbons (Fsp3) is 0.706. The van der Waals surface area contributed by atoms with Crippen LogP contribution < -0.4 is 5.32 Å². The SMILES string of the molecule is CC1CCNC2(CCCCC2)CN1Cc1ccc(Br)cn1. The molecule has 0 amide bonds. The number of nitrogens with one attached hydrogen (secondary N) is 1. The van der Waals surface area contributed by atoms with E-state index in [0.717, 1.165) is 17.6 Å². The molecule has 1 atom stereocenters. The molecular formula is C17H26BrN3. The van der Waals surface area contributed by atoms with Gasteiger partial charge in [-0.2, -0.15) is 0 Å². The molecule has 1 saturated heterocycles. The van der Waals surface area contributed by atoms with Crippen LogP contribution in [0.15, 0.2) is 22.8 Å². The van der Waals surface area contributed by atoms with Gasteiger partial charge in [0, 0.05) is 35.3 Å². The normalized spacial score (nSPS) is 26.7. The summed E-state index contributed by atoms with van der Waals surface area (Å²) in [4.78, 5) is 7.20. The van der Waals surface area contributed by atoms with E-state index in [0.29, 0.717) is 11.6 Å². The summed E-state index contributed by atoms with van der Waals surface area (Å²) < 4.78 is 1.06. The molecule has 3 nitrogen and oxygen atoms in total. The molecule has 116 valence electrons. The number of hydrogen-bond acceptors (Lipinski definition) is 3. The zero-order chi connectivity index (χ0) is 14.7. The largest absolute Gasteiger partial charge is 0.310 e. The van der Waals surface area contributed by atoms with Gasteiger partial charge in [-0.15, -0.1) is 0 Å². The number of aromatic nitrogens is 1. The Labute approximate surface area is 136 Å². The molecule has 2 aliphatic rings. The van der Waals surface area contributed by atoms with Crippen LogP contribution in [0.3, 0.4) is 0 Å². The molecule has 1 aliphatic carbocycles. The van der Waals surface area contributed by atoms with E-state index in [2.05, 4.69) is 50.2 Å². The highest BCUT2D eigenvalue weighted by atomic mass is 79.9. The number of nitrogens with zero attached hydrogens (tertiary/aromatic N) is 2. The lowest BCUT2D eigenvalue weighted by Crippen LogP contribution is -2.53. The van der Waals surface area contributed by atoms with E-state index in [9.17, 15) is 0 Å². The summed E-state index contributed by atoms with van der Waals surface area (Å²) in [6, 6.07) is 4.87. The maximum absolute atomic E-state index is 4.56. The van der Waals surface area contributed by atoms with E-state index in [1.165, 1.54) is 50.8 Å². The van der Waals surface area contributed by atoms with Crippen molar-refractivity contribution >= 4 is 15.9 Å². The van der Waals surface area contributed by atoms with E-state index in [4.69, 9.17) is 0 Å². The molecule has 1 spiro atoms. The Kier molecular flexibility index (Phi) is 4.97. The number of rotatable bonds is 2. The summed E-state index contributed by atoms with van der Waals surface area (Å²) in [6.45, 7) is 5.66. The highest BCUT2D eigenvalue weighted by Crippen LogP contribution is 2.32. The minimum Gasteiger partial charge on any atom is -0.310 e. The smallest absolute Gasteiger partial charge is 0.0544 e. The van der Waals surface area contributed by atoms with Crippen LogP contribution in [0.5, 0.6) is 0 Å². The van der Waals surface area contributed by atoms with Gasteiger partial charge in [-0.3, -0.25) is 9.88 Å². The first-order valence-corrected chi connectivity index (χ1v) is 9.06. The molecule has 2 heterocycles. The molecule has 0 radical (unpaired) electrons. The van der Waals surface area contributed by atoms with Crippen molar-refractivity contribution in [3.05, 3.63) is 28.5 Å². The lowest BCUT2D eigenvalue weighted by molar-refractivity contribution is 0.130. The maximum atomic E-state index is 4.56. The van der Waals surface area contributed by atoms with E-state index < -0.39 is 0 Å². The Bertz CT molecular complexity index is 454. The van der Waals surface area contributed by atoms with Gasteiger partial charge in [-0.1, -0.05) is 19.3 Å². The lowest BCUT2D eigenvalue weighted by Gasteiger charge is -2.41. The molecule has 1 aromatic rings. The van der Waals surface area contributed by atoms with E-state index in [1.807, 2.05) is 6.20 Å². The molecule has 1 aromatic heterocycles. The second kappa shape index (κ2) is 6.76. The minimum atomic E-state index is 0.359. The fourth-order valence-electron chi connectivity index (χ4n) is 3.81. The zero-order valence-corrected chi connectivity index (χ0v) is 14.5. The van der Waals surface area contributed by atoms with Crippen molar-refractivity contribution < 1.29 is 0 Å².